The molecule has 0 radical (unpaired) electrons. The number of hydrogen-bond acceptors (Lipinski definition) is 4. The molecule has 1 aliphatic heterocycles. The van der Waals surface area contributed by atoms with Gasteiger partial charge in [-0.1, -0.05) is 0 Å². The van der Waals surface area contributed by atoms with Crippen LogP contribution in [0.4, 0.5) is 11.4 Å². The second-order valence-corrected chi connectivity index (χ2v) is 5.65. The van der Waals surface area contributed by atoms with Crippen molar-refractivity contribution in [3.05, 3.63) is 23.8 Å². The predicted octanol–water partition coefficient (Wildman–Crippen LogP) is 2.02. The van der Waals surface area contributed by atoms with E-state index < -0.39 is 0 Å². The van der Waals surface area contributed by atoms with Gasteiger partial charge in [-0.25, -0.2) is 0 Å². The minimum atomic E-state index is 0.0525. The van der Waals surface area contributed by atoms with Crippen molar-refractivity contribution in [3.8, 4) is 0 Å². The van der Waals surface area contributed by atoms with E-state index in [2.05, 4.69) is 10.2 Å². The third-order valence-corrected chi connectivity index (χ3v) is 4.05. The number of amides is 1. The summed E-state index contributed by atoms with van der Waals surface area (Å²) in [4.78, 5) is 14.3. The molecule has 1 saturated heterocycles. The molecule has 1 heterocycles. The summed E-state index contributed by atoms with van der Waals surface area (Å²) >= 11 is 0. The van der Waals surface area contributed by atoms with Gasteiger partial charge in [0.2, 0.25) is 5.91 Å². The molecule has 1 fully saturated rings. The van der Waals surface area contributed by atoms with Crippen LogP contribution < -0.4 is 11.1 Å². The molecular weight excluding hydrogens is 266 g/mol. The molecule has 3 N–H and O–H groups in total. The highest BCUT2D eigenvalue weighted by Crippen LogP contribution is 2.18. The first-order valence-corrected chi connectivity index (χ1v) is 7.49. The fraction of sp³-hybridized carbons (Fsp3) is 0.562. The molecule has 0 spiro atoms. The van der Waals surface area contributed by atoms with Crippen LogP contribution in [0.15, 0.2) is 18.2 Å². The van der Waals surface area contributed by atoms with Gasteiger partial charge in [-0.05, 0) is 43.5 Å². The lowest BCUT2D eigenvalue weighted by Crippen LogP contribution is -2.38. The Labute approximate surface area is 126 Å². The summed E-state index contributed by atoms with van der Waals surface area (Å²) in [6, 6.07) is 5.52. The molecule has 5 heteroatoms. The maximum absolute atomic E-state index is 12.0. The van der Waals surface area contributed by atoms with E-state index in [1.807, 2.05) is 19.1 Å². The second-order valence-electron chi connectivity index (χ2n) is 5.65. The number of ether oxygens (including phenoxy) is 1. The van der Waals surface area contributed by atoms with Crippen LogP contribution in [-0.4, -0.2) is 43.7 Å². The topological polar surface area (TPSA) is 67.6 Å². The van der Waals surface area contributed by atoms with Crippen molar-refractivity contribution in [1.82, 2.24) is 4.90 Å². The maximum Gasteiger partial charge on any atom is 0.225 e. The molecule has 5 nitrogen and oxygen atoms in total. The van der Waals surface area contributed by atoms with Crippen LogP contribution in [0, 0.1) is 6.92 Å². The number of methoxy groups -OCH3 is 1. The average molecular weight is 291 g/mol. The molecule has 0 unspecified atom stereocenters. The Morgan fingerprint density at radius 2 is 2.14 bits per heavy atom. The van der Waals surface area contributed by atoms with Crippen molar-refractivity contribution >= 4 is 17.3 Å². The molecule has 1 aromatic rings. The third-order valence-electron chi connectivity index (χ3n) is 4.05. The largest absolute Gasteiger partial charge is 0.399 e. The van der Waals surface area contributed by atoms with Gasteiger partial charge in [0.15, 0.2) is 0 Å². The number of nitrogens with two attached hydrogens (primary N) is 1. The number of rotatable bonds is 5. The fourth-order valence-electron chi connectivity index (χ4n) is 2.67. The van der Waals surface area contributed by atoms with E-state index in [1.165, 1.54) is 0 Å². The molecule has 2 rings (SSSR count). The van der Waals surface area contributed by atoms with E-state index in [9.17, 15) is 4.79 Å². The Hall–Kier alpha value is -1.59. The standard InChI is InChI=1S/C16H25N3O2/c1-12-11-13(17)3-4-15(12)18-16(20)7-10-19-8-5-14(21-2)6-9-19/h3-4,11,14H,5-10,17H2,1-2H3,(H,18,20). The number of likely N-dealkylation sites (tertiary alicyclic amines) is 1. The first-order valence-electron chi connectivity index (χ1n) is 7.49. The van der Waals surface area contributed by atoms with E-state index in [0.717, 1.165) is 43.7 Å². The molecule has 1 aromatic carbocycles. The van der Waals surface area contributed by atoms with Gasteiger partial charge in [0.1, 0.15) is 0 Å². The zero-order chi connectivity index (χ0) is 15.2. The normalized spacial score (nSPS) is 16.9. The number of nitrogen functional groups attached to an aromatic ring is 1. The van der Waals surface area contributed by atoms with E-state index >= 15 is 0 Å². The Morgan fingerprint density at radius 1 is 1.43 bits per heavy atom. The summed E-state index contributed by atoms with van der Waals surface area (Å²) in [5.74, 6) is 0.0525. The zero-order valence-electron chi connectivity index (χ0n) is 12.9. The van der Waals surface area contributed by atoms with Crippen LogP contribution in [0.5, 0.6) is 0 Å². The van der Waals surface area contributed by atoms with E-state index in [1.54, 1.807) is 13.2 Å². The van der Waals surface area contributed by atoms with Crippen molar-refractivity contribution in [3.63, 3.8) is 0 Å². The van der Waals surface area contributed by atoms with Gasteiger partial charge < -0.3 is 20.7 Å². The highest BCUT2D eigenvalue weighted by atomic mass is 16.5. The van der Waals surface area contributed by atoms with Crippen molar-refractivity contribution < 1.29 is 9.53 Å². The van der Waals surface area contributed by atoms with Crippen molar-refractivity contribution in [1.29, 1.82) is 0 Å². The number of hydrogen-bond donors (Lipinski definition) is 2. The number of carbonyl (C=O) groups excluding carboxylic acids is 1. The van der Waals surface area contributed by atoms with Crippen molar-refractivity contribution in [2.75, 3.05) is 37.8 Å². The summed E-state index contributed by atoms with van der Waals surface area (Å²) in [7, 11) is 1.77. The van der Waals surface area contributed by atoms with Crippen LogP contribution in [0.1, 0.15) is 24.8 Å². The molecule has 116 valence electrons. The first kappa shape index (κ1) is 15.8. The molecule has 0 aliphatic carbocycles. The lowest BCUT2D eigenvalue weighted by atomic mass is 10.1. The second kappa shape index (κ2) is 7.43. The first-order chi connectivity index (χ1) is 10.1. The highest BCUT2D eigenvalue weighted by Gasteiger charge is 2.19. The highest BCUT2D eigenvalue weighted by molar-refractivity contribution is 5.91. The van der Waals surface area contributed by atoms with E-state index in [-0.39, 0.29) is 5.91 Å². The Balaban J connectivity index is 1.75. The molecule has 1 aliphatic rings. The summed E-state index contributed by atoms with van der Waals surface area (Å²) in [5, 5.41) is 2.95. The number of carbonyl (C=O) groups is 1. The Bertz CT molecular complexity index is 482. The number of piperidine rings is 1. The van der Waals surface area contributed by atoms with Crippen LogP contribution >= 0.6 is 0 Å². The van der Waals surface area contributed by atoms with Crippen molar-refractivity contribution in [2.24, 2.45) is 0 Å². The van der Waals surface area contributed by atoms with Crippen LogP contribution in [-0.2, 0) is 9.53 Å². The van der Waals surface area contributed by atoms with Gasteiger partial charge in [0.25, 0.3) is 0 Å². The van der Waals surface area contributed by atoms with E-state index in [0.29, 0.717) is 18.2 Å². The molecule has 0 aromatic heterocycles. The SMILES string of the molecule is COC1CCN(CCC(=O)Nc2ccc(N)cc2C)CC1. The van der Waals surface area contributed by atoms with Gasteiger partial charge in [-0.15, -0.1) is 0 Å². The molecule has 0 bridgehead atoms. The Morgan fingerprint density at radius 3 is 2.76 bits per heavy atom. The summed E-state index contributed by atoms with van der Waals surface area (Å²) in [6.45, 7) is 4.76. The lowest BCUT2D eigenvalue weighted by molar-refractivity contribution is -0.116. The number of anilines is 2. The van der Waals surface area contributed by atoms with Crippen LogP contribution in [0.3, 0.4) is 0 Å². The quantitative estimate of drug-likeness (QED) is 0.814. The maximum atomic E-state index is 12.0. The summed E-state index contributed by atoms with van der Waals surface area (Å²) in [5.41, 5.74) is 8.25. The minimum absolute atomic E-state index is 0.0525. The van der Waals surface area contributed by atoms with Gasteiger partial charge in [0.05, 0.1) is 6.10 Å². The zero-order valence-corrected chi connectivity index (χ0v) is 12.9. The number of aryl methyl sites for hydroxylation is 1. The Kier molecular flexibility index (Phi) is 5.59. The van der Waals surface area contributed by atoms with Crippen LogP contribution in [0.25, 0.3) is 0 Å². The van der Waals surface area contributed by atoms with Gasteiger partial charge in [0, 0.05) is 44.5 Å². The lowest BCUT2D eigenvalue weighted by Gasteiger charge is -2.30. The molecular formula is C16H25N3O2. The summed E-state index contributed by atoms with van der Waals surface area (Å²) in [6.07, 6.45) is 3.00. The van der Waals surface area contributed by atoms with Gasteiger partial charge >= 0.3 is 0 Å². The molecule has 21 heavy (non-hydrogen) atoms. The monoisotopic (exact) mass is 291 g/mol. The number of nitrogens with zero attached hydrogens (tertiary/aromatic N) is 1. The van der Waals surface area contributed by atoms with Gasteiger partial charge in [-0.3, -0.25) is 4.79 Å². The molecule has 1 amide bonds. The van der Waals surface area contributed by atoms with E-state index in [4.69, 9.17) is 10.5 Å². The summed E-state index contributed by atoms with van der Waals surface area (Å²) < 4.78 is 5.35. The van der Waals surface area contributed by atoms with Gasteiger partial charge in [-0.2, -0.15) is 0 Å². The third kappa shape index (κ3) is 4.72. The molecule has 0 saturated carbocycles. The molecule has 0 atom stereocenters. The number of nitrogens with one attached hydrogen (secondary N) is 1. The fourth-order valence-corrected chi connectivity index (χ4v) is 2.67. The smallest absolute Gasteiger partial charge is 0.225 e. The predicted molar refractivity (Wildman–Crippen MR) is 85.3 cm³/mol. The minimum Gasteiger partial charge on any atom is -0.399 e. The van der Waals surface area contributed by atoms with Crippen molar-refractivity contribution in [2.45, 2.75) is 32.3 Å². The average Bonchev–Trinajstić information content (AvgIpc) is 2.48. The number of benzene rings is 1. The van der Waals surface area contributed by atoms with Crippen LogP contribution in [0.2, 0.25) is 0 Å².